The van der Waals surface area contributed by atoms with Crippen LogP contribution in [-0.4, -0.2) is 96.6 Å². The van der Waals surface area contributed by atoms with E-state index in [1.165, 1.54) is 27.9 Å². The van der Waals surface area contributed by atoms with Crippen molar-refractivity contribution in [1.29, 1.82) is 0 Å². The molecule has 1 saturated carbocycles. The Bertz CT molecular complexity index is 1460. The highest BCUT2D eigenvalue weighted by atomic mass is 32.2. The van der Waals surface area contributed by atoms with Crippen LogP contribution in [0.3, 0.4) is 0 Å². The topological polar surface area (TPSA) is 200 Å². The van der Waals surface area contributed by atoms with Crippen molar-refractivity contribution in [3.8, 4) is 0 Å². The van der Waals surface area contributed by atoms with Crippen LogP contribution in [0.1, 0.15) is 48.1 Å². The molecule has 0 radical (unpaired) electrons. The molecule has 3 aromatic rings. The van der Waals surface area contributed by atoms with Crippen LogP contribution < -0.4 is 5.32 Å². The summed E-state index contributed by atoms with van der Waals surface area (Å²) in [5.41, 5.74) is 0.943. The third kappa shape index (κ3) is 5.46. The van der Waals surface area contributed by atoms with Crippen molar-refractivity contribution in [3.05, 3.63) is 42.0 Å². The zero-order valence-electron chi connectivity index (χ0n) is 21.1. The first-order chi connectivity index (χ1) is 18.6. The molecule has 1 saturated heterocycles. The van der Waals surface area contributed by atoms with Gasteiger partial charge in [-0.1, -0.05) is 12.8 Å². The molecule has 14 nitrogen and oxygen atoms in total. The lowest BCUT2D eigenvalue weighted by Crippen LogP contribution is -2.33. The molecule has 0 unspecified atom stereocenters. The predicted octanol–water partition coefficient (Wildman–Crippen LogP) is 0.311. The van der Waals surface area contributed by atoms with Gasteiger partial charge >= 0.3 is 0 Å². The Morgan fingerprint density at radius 2 is 1.85 bits per heavy atom. The van der Waals surface area contributed by atoms with Crippen molar-refractivity contribution in [2.75, 3.05) is 19.0 Å². The number of anilines is 1. The number of fused-ring (bicyclic) bond motifs is 1. The number of imidazole rings is 1. The smallest absolute Gasteiger partial charge is 0.294 e. The molecule has 15 heteroatoms. The molecule has 2 fully saturated rings. The van der Waals surface area contributed by atoms with Gasteiger partial charge in [0.1, 0.15) is 18.3 Å². The summed E-state index contributed by atoms with van der Waals surface area (Å²) < 4.78 is 38.9. The minimum absolute atomic E-state index is 0.0185. The maximum absolute atomic E-state index is 13.0. The lowest BCUT2D eigenvalue weighted by Gasteiger charge is -2.20. The second-order valence-corrected chi connectivity index (χ2v) is 11.2. The second-order valence-electron chi connectivity index (χ2n) is 9.83. The highest BCUT2D eigenvalue weighted by molar-refractivity contribution is 7.85. The van der Waals surface area contributed by atoms with Crippen LogP contribution in [0.4, 0.5) is 5.82 Å². The van der Waals surface area contributed by atoms with E-state index in [1.807, 2.05) is 0 Å². The van der Waals surface area contributed by atoms with E-state index in [1.54, 1.807) is 7.05 Å². The van der Waals surface area contributed by atoms with Gasteiger partial charge in [0.05, 0.1) is 24.4 Å². The average Bonchev–Trinajstić information content (AvgIpc) is 3.63. The number of nitrogens with one attached hydrogen (secondary N) is 1. The molecule has 1 amide bonds. The van der Waals surface area contributed by atoms with Gasteiger partial charge in [0.2, 0.25) is 0 Å². The van der Waals surface area contributed by atoms with E-state index in [0.717, 1.165) is 37.8 Å². The summed E-state index contributed by atoms with van der Waals surface area (Å²) >= 11 is 0. The number of aromatic nitrogens is 4. The molecule has 5 N–H and O–H groups in total. The third-order valence-corrected chi connectivity index (χ3v) is 7.95. The predicted molar refractivity (Wildman–Crippen MR) is 136 cm³/mol. The summed E-state index contributed by atoms with van der Waals surface area (Å²) in [6, 6.07) is 5.08. The minimum atomic E-state index is -4.39. The quantitative estimate of drug-likeness (QED) is 0.236. The first-order valence-corrected chi connectivity index (χ1v) is 14.0. The molecule has 3 heterocycles. The van der Waals surface area contributed by atoms with Crippen molar-refractivity contribution >= 4 is 33.0 Å². The van der Waals surface area contributed by atoms with Crippen LogP contribution in [-0.2, 0) is 21.4 Å². The van der Waals surface area contributed by atoms with Crippen LogP contribution in [0.5, 0.6) is 0 Å². The molecule has 210 valence electrons. The zero-order chi connectivity index (χ0) is 27.9. The van der Waals surface area contributed by atoms with Crippen molar-refractivity contribution in [1.82, 2.24) is 24.4 Å². The van der Waals surface area contributed by atoms with Gasteiger partial charge in [-0.2, -0.15) is 8.42 Å². The Balaban J connectivity index is 1.46. The Hall–Kier alpha value is -3.21. The minimum Gasteiger partial charge on any atom is -0.394 e. The van der Waals surface area contributed by atoms with Gasteiger partial charge in [0.25, 0.3) is 16.0 Å². The molecule has 5 rings (SSSR count). The van der Waals surface area contributed by atoms with Gasteiger partial charge < -0.3 is 30.3 Å². The fourth-order valence-electron chi connectivity index (χ4n) is 4.97. The lowest BCUT2D eigenvalue weighted by atomic mass is 10.1. The molecular formula is C24H30N6O8S. The van der Waals surface area contributed by atoms with Crippen LogP contribution in [0, 0.1) is 0 Å². The second kappa shape index (κ2) is 10.7. The highest BCUT2D eigenvalue weighted by Gasteiger charge is 2.44. The largest absolute Gasteiger partial charge is 0.394 e. The van der Waals surface area contributed by atoms with Gasteiger partial charge in [0.15, 0.2) is 29.0 Å². The van der Waals surface area contributed by atoms with E-state index in [2.05, 4.69) is 20.3 Å². The number of hydrogen-bond donors (Lipinski definition) is 5. The molecule has 1 aromatic carbocycles. The number of ether oxygens (including phenoxy) is 1. The summed E-state index contributed by atoms with van der Waals surface area (Å²) in [7, 11) is -2.84. The summed E-state index contributed by atoms with van der Waals surface area (Å²) in [5.74, 6) is 0.301. The fourth-order valence-corrected chi connectivity index (χ4v) is 5.45. The Kier molecular flexibility index (Phi) is 7.54. The van der Waals surface area contributed by atoms with Crippen LogP contribution in [0.15, 0.2) is 35.5 Å². The maximum atomic E-state index is 13.0. The molecule has 2 aromatic heterocycles. The molecule has 4 atom stereocenters. The molecule has 2 aliphatic rings. The summed E-state index contributed by atoms with van der Waals surface area (Å²) in [5, 5.41) is 33.7. The molecule has 1 aliphatic carbocycles. The number of aliphatic hydroxyl groups excluding tert-OH is 3. The Morgan fingerprint density at radius 3 is 2.46 bits per heavy atom. The number of hydrogen-bond acceptors (Lipinski definition) is 11. The third-order valence-electron chi connectivity index (χ3n) is 7.08. The molecule has 0 spiro atoms. The van der Waals surface area contributed by atoms with Gasteiger partial charge in [-0.15, -0.1) is 0 Å². The molecule has 39 heavy (non-hydrogen) atoms. The Labute approximate surface area is 224 Å². The van der Waals surface area contributed by atoms with E-state index in [4.69, 9.17) is 4.74 Å². The monoisotopic (exact) mass is 562 g/mol. The van der Waals surface area contributed by atoms with Crippen molar-refractivity contribution in [2.24, 2.45) is 0 Å². The van der Waals surface area contributed by atoms with Crippen molar-refractivity contribution in [3.63, 3.8) is 0 Å². The van der Waals surface area contributed by atoms with Gasteiger partial charge in [-0.3, -0.25) is 13.9 Å². The van der Waals surface area contributed by atoms with E-state index >= 15 is 0 Å². The molecule has 1 aliphatic heterocycles. The summed E-state index contributed by atoms with van der Waals surface area (Å²) in [4.78, 5) is 27.7. The molecule has 0 bridgehead atoms. The Morgan fingerprint density at radius 1 is 1.15 bits per heavy atom. The summed E-state index contributed by atoms with van der Waals surface area (Å²) in [6.45, 7) is -0.497. The van der Waals surface area contributed by atoms with Crippen LogP contribution in [0.2, 0.25) is 0 Å². The van der Waals surface area contributed by atoms with E-state index in [9.17, 15) is 33.1 Å². The number of amides is 1. The van der Waals surface area contributed by atoms with E-state index < -0.39 is 47.2 Å². The van der Waals surface area contributed by atoms with E-state index in [-0.39, 0.29) is 28.9 Å². The van der Waals surface area contributed by atoms with Crippen molar-refractivity contribution < 1.29 is 37.8 Å². The SMILES string of the molecule is CN(Cc1nc(NC2CCCC2)c2ncn([C@@H]3O[C@H](CO)[C@@H](O)[C@@H]3O)c2n1)C(=O)c1ccc(S(=O)(=O)O)cc1. The van der Waals surface area contributed by atoms with Crippen LogP contribution in [0.25, 0.3) is 11.2 Å². The normalized spacial score (nSPS) is 23.9. The number of benzene rings is 1. The maximum Gasteiger partial charge on any atom is 0.294 e. The molecular weight excluding hydrogens is 532 g/mol. The highest BCUT2D eigenvalue weighted by Crippen LogP contribution is 2.33. The number of nitrogens with zero attached hydrogens (tertiary/aromatic N) is 5. The number of rotatable bonds is 8. The first-order valence-electron chi connectivity index (χ1n) is 12.5. The van der Waals surface area contributed by atoms with Gasteiger partial charge in [-0.05, 0) is 37.1 Å². The average molecular weight is 563 g/mol. The van der Waals surface area contributed by atoms with Gasteiger partial charge in [-0.25, -0.2) is 15.0 Å². The fraction of sp³-hybridized carbons (Fsp3) is 0.500. The van der Waals surface area contributed by atoms with E-state index in [0.29, 0.717) is 17.0 Å². The standard InChI is InChI=1S/C24H30N6O8S/c1-29(23(34)13-6-8-15(9-7-13)39(35,36)37)10-17-27-21(26-14-4-2-3-5-14)18-22(28-17)30(12-25-18)24-20(33)19(32)16(11-31)38-24/h6-9,12,14,16,19-20,24,31-33H,2-5,10-11H2,1H3,(H,26,27,28)(H,35,36,37)/t16-,19-,20+,24-/m1/s1. The van der Waals surface area contributed by atoms with Crippen LogP contribution >= 0.6 is 0 Å². The number of carbonyl (C=O) groups is 1. The number of carbonyl (C=O) groups excluding carboxylic acids is 1. The zero-order valence-corrected chi connectivity index (χ0v) is 21.9. The lowest BCUT2D eigenvalue weighted by molar-refractivity contribution is -0.0511. The first kappa shape index (κ1) is 27.4. The number of aliphatic hydroxyl groups is 3. The van der Waals surface area contributed by atoms with Gasteiger partial charge in [0, 0.05) is 18.7 Å². The van der Waals surface area contributed by atoms with Crippen molar-refractivity contribution in [2.45, 2.75) is 67.7 Å². The summed E-state index contributed by atoms with van der Waals surface area (Å²) in [6.07, 6.45) is 0.871.